The molecule has 0 unspecified atom stereocenters. The van der Waals surface area contributed by atoms with Gasteiger partial charge in [0.2, 0.25) is 0 Å². The summed E-state index contributed by atoms with van der Waals surface area (Å²) in [6.07, 6.45) is 3.74. The summed E-state index contributed by atoms with van der Waals surface area (Å²) < 4.78 is 0. The van der Waals surface area contributed by atoms with Crippen LogP contribution < -0.4 is 0 Å². The summed E-state index contributed by atoms with van der Waals surface area (Å²) >= 11 is 0. The van der Waals surface area contributed by atoms with Crippen molar-refractivity contribution >= 4 is 12.7 Å². The minimum Gasteiger partial charge on any atom is -0.193 e. The maximum atomic E-state index is 9.06. The van der Waals surface area contributed by atoms with Crippen LogP contribution in [-0.2, 0) is 0 Å². The van der Waals surface area contributed by atoms with Gasteiger partial charge in [-0.3, -0.25) is 0 Å². The first-order valence-corrected chi connectivity index (χ1v) is 8.82. The van der Waals surface area contributed by atoms with Crippen molar-refractivity contribution in [2.45, 2.75) is 41.5 Å². The van der Waals surface area contributed by atoms with Crippen molar-refractivity contribution in [3.8, 4) is 6.07 Å². The van der Waals surface area contributed by atoms with Crippen molar-refractivity contribution < 1.29 is 0 Å². The van der Waals surface area contributed by atoms with Gasteiger partial charge in [-0.2, -0.15) is 5.26 Å². The second-order valence-corrected chi connectivity index (χ2v) is 10.00. The van der Waals surface area contributed by atoms with Gasteiger partial charge in [-0.15, -0.1) is 0 Å². The number of nitriles is 1. The highest BCUT2D eigenvalue weighted by atomic mass is 31.2. The van der Waals surface area contributed by atoms with Crippen LogP contribution in [0.5, 0.6) is 0 Å². The molecule has 0 amide bonds. The molecule has 0 saturated heterocycles. The lowest BCUT2D eigenvalue weighted by Gasteiger charge is -2.30. The molecule has 1 nitrogen and oxygen atoms in total. The van der Waals surface area contributed by atoms with Crippen LogP contribution in [-0.4, -0.2) is 24.3 Å². The molecule has 0 N–H and O–H groups in total. The van der Waals surface area contributed by atoms with Crippen LogP contribution in [0.1, 0.15) is 41.5 Å². The van der Waals surface area contributed by atoms with Crippen LogP contribution in [0.3, 0.4) is 0 Å². The summed E-state index contributed by atoms with van der Waals surface area (Å²) in [5.41, 5.74) is 0. The molecule has 16 heavy (non-hydrogen) atoms. The number of nitrogens with zero attached hydrogens (tertiary/aromatic N) is 1. The van der Waals surface area contributed by atoms with E-state index in [1.807, 2.05) is 5.80 Å². The van der Waals surface area contributed by atoms with Crippen LogP contribution in [0, 0.1) is 29.1 Å². The monoisotopic (exact) mass is 241 g/mol. The van der Waals surface area contributed by atoms with E-state index in [-0.39, 0.29) is 0 Å². The molecule has 0 aliphatic rings. The Labute approximate surface area is 102 Å². The van der Waals surface area contributed by atoms with Gasteiger partial charge in [0, 0.05) is 5.80 Å². The van der Waals surface area contributed by atoms with E-state index in [1.54, 1.807) is 0 Å². The largest absolute Gasteiger partial charge is 0.193 e. The predicted octanol–water partition coefficient (Wildman–Crippen LogP) is 4.30. The molecule has 0 aliphatic heterocycles. The maximum absolute atomic E-state index is 9.06. The van der Waals surface area contributed by atoms with E-state index in [9.17, 15) is 0 Å². The Kier molecular flexibility index (Phi) is 7.09. The number of rotatable bonds is 6. The summed E-state index contributed by atoms with van der Waals surface area (Å²) in [7, 11) is 0. The quantitative estimate of drug-likeness (QED) is 0.636. The minimum absolute atomic E-state index is 0.704. The SMILES string of the molecule is CC(C)CP(=CC#N)(CC(C)C)CC(C)C. The Morgan fingerprint density at radius 1 is 0.875 bits per heavy atom. The predicted molar refractivity (Wildman–Crippen MR) is 77.7 cm³/mol. The van der Waals surface area contributed by atoms with Crippen molar-refractivity contribution in [3.63, 3.8) is 0 Å². The van der Waals surface area contributed by atoms with Crippen molar-refractivity contribution in [3.05, 3.63) is 0 Å². The normalized spacial score (nSPS) is 12.2. The average Bonchev–Trinajstić information content (AvgIpc) is 1.98. The minimum atomic E-state index is -1.15. The Morgan fingerprint density at radius 3 is 1.38 bits per heavy atom. The standard InChI is InChI=1S/C14H28NP/c1-12(2)9-16(8-7-15,10-13(3)4)11-14(5)6/h8,12-14H,9-11H2,1-6H3. The van der Waals surface area contributed by atoms with Gasteiger partial charge in [0.25, 0.3) is 0 Å². The molecule has 0 aromatic rings. The summed E-state index contributed by atoms with van der Waals surface area (Å²) in [5, 5.41) is 9.06. The Bertz CT molecular complexity index is 248. The van der Waals surface area contributed by atoms with Gasteiger partial charge in [0.05, 0.1) is 6.07 Å². The lowest BCUT2D eigenvalue weighted by Crippen LogP contribution is -2.14. The fraction of sp³-hybridized carbons (Fsp3) is 0.857. The fourth-order valence-electron chi connectivity index (χ4n) is 2.69. The van der Waals surface area contributed by atoms with Gasteiger partial charge in [0.15, 0.2) is 0 Å². The van der Waals surface area contributed by atoms with Crippen molar-refractivity contribution in [1.82, 2.24) is 0 Å². The van der Waals surface area contributed by atoms with Gasteiger partial charge in [0.1, 0.15) is 0 Å². The highest BCUT2D eigenvalue weighted by molar-refractivity contribution is 7.75. The molecular formula is C14H28NP. The molecule has 0 aliphatic carbocycles. The van der Waals surface area contributed by atoms with Gasteiger partial charge < -0.3 is 0 Å². The zero-order valence-corrected chi connectivity index (χ0v) is 12.7. The van der Waals surface area contributed by atoms with Gasteiger partial charge in [-0.1, -0.05) is 48.4 Å². The van der Waals surface area contributed by atoms with Crippen LogP contribution in [0.15, 0.2) is 0 Å². The lowest BCUT2D eigenvalue weighted by molar-refractivity contribution is 0.693. The Balaban J connectivity index is 5.07. The molecule has 0 radical (unpaired) electrons. The third-order valence-corrected chi connectivity index (χ3v) is 7.55. The molecule has 0 spiro atoms. The van der Waals surface area contributed by atoms with E-state index in [0.29, 0.717) is 17.8 Å². The first kappa shape index (κ1) is 15.8. The second-order valence-electron chi connectivity index (χ2n) is 6.21. The summed E-state index contributed by atoms with van der Waals surface area (Å²) in [6, 6.07) is 2.35. The zero-order chi connectivity index (χ0) is 12.8. The summed E-state index contributed by atoms with van der Waals surface area (Å²) in [5.74, 6) is 4.13. The highest BCUT2D eigenvalue weighted by Gasteiger charge is 2.21. The van der Waals surface area contributed by atoms with E-state index < -0.39 is 6.89 Å². The number of hydrogen-bond acceptors (Lipinski definition) is 1. The van der Waals surface area contributed by atoms with Crippen LogP contribution in [0.25, 0.3) is 0 Å². The van der Waals surface area contributed by atoms with Crippen LogP contribution >= 0.6 is 6.89 Å². The van der Waals surface area contributed by atoms with Crippen molar-refractivity contribution in [2.24, 2.45) is 17.8 Å². The molecule has 0 aromatic carbocycles. The van der Waals surface area contributed by atoms with Crippen molar-refractivity contribution in [2.75, 3.05) is 18.5 Å². The molecule has 0 rings (SSSR count). The molecule has 0 atom stereocenters. The Morgan fingerprint density at radius 2 is 1.19 bits per heavy atom. The zero-order valence-electron chi connectivity index (χ0n) is 11.8. The third kappa shape index (κ3) is 6.39. The van der Waals surface area contributed by atoms with E-state index in [4.69, 9.17) is 5.26 Å². The number of hydrogen-bond donors (Lipinski definition) is 0. The molecule has 0 fully saturated rings. The van der Waals surface area contributed by atoms with Gasteiger partial charge in [-0.25, -0.2) is 0 Å². The maximum Gasteiger partial charge on any atom is 0.0913 e. The molecule has 94 valence electrons. The molecular weight excluding hydrogens is 213 g/mol. The van der Waals surface area contributed by atoms with Crippen molar-refractivity contribution in [1.29, 1.82) is 5.26 Å². The molecule has 0 bridgehead atoms. The summed E-state index contributed by atoms with van der Waals surface area (Å²) in [4.78, 5) is 0. The van der Waals surface area contributed by atoms with E-state index >= 15 is 0 Å². The average molecular weight is 241 g/mol. The van der Waals surface area contributed by atoms with Gasteiger partial charge >= 0.3 is 0 Å². The first-order valence-electron chi connectivity index (χ1n) is 6.41. The van der Waals surface area contributed by atoms with E-state index in [2.05, 4.69) is 47.6 Å². The van der Waals surface area contributed by atoms with Crippen LogP contribution in [0.4, 0.5) is 0 Å². The Hall–Kier alpha value is -0.210. The summed E-state index contributed by atoms with van der Waals surface area (Å²) in [6.45, 7) is 12.5. The van der Waals surface area contributed by atoms with E-state index in [0.717, 1.165) is 0 Å². The smallest absolute Gasteiger partial charge is 0.0913 e. The lowest BCUT2D eigenvalue weighted by atomic mass is 10.3. The molecule has 0 heterocycles. The third-order valence-electron chi connectivity index (χ3n) is 2.52. The fourth-order valence-corrected chi connectivity index (χ4v) is 8.06. The molecule has 0 aromatic heterocycles. The molecule has 0 saturated carbocycles. The first-order chi connectivity index (χ1) is 7.31. The van der Waals surface area contributed by atoms with Gasteiger partial charge in [-0.05, 0) is 36.2 Å². The van der Waals surface area contributed by atoms with E-state index in [1.165, 1.54) is 18.5 Å². The highest BCUT2D eigenvalue weighted by Crippen LogP contribution is 2.51. The van der Waals surface area contributed by atoms with Crippen LogP contribution in [0.2, 0.25) is 0 Å². The second kappa shape index (κ2) is 7.18. The molecule has 2 heteroatoms. The topological polar surface area (TPSA) is 23.8 Å².